The summed E-state index contributed by atoms with van der Waals surface area (Å²) in [5.41, 5.74) is 3.77. The van der Waals surface area contributed by atoms with Gasteiger partial charge in [-0.2, -0.15) is 5.10 Å². The first-order valence-corrected chi connectivity index (χ1v) is 9.76. The fraction of sp³-hybridized carbons (Fsp3) is 0.100. The van der Waals surface area contributed by atoms with Crippen molar-refractivity contribution in [2.45, 2.75) is 13.8 Å². The van der Waals surface area contributed by atoms with E-state index in [0.29, 0.717) is 4.88 Å². The fourth-order valence-electron chi connectivity index (χ4n) is 2.82. The van der Waals surface area contributed by atoms with E-state index in [2.05, 4.69) is 26.3 Å². The Kier molecular flexibility index (Phi) is 4.38. The average molecular weight is 426 g/mol. The van der Waals surface area contributed by atoms with Crippen LogP contribution in [-0.2, 0) is 0 Å². The first-order chi connectivity index (χ1) is 12.5. The molecule has 130 valence electrons. The Morgan fingerprint density at radius 2 is 1.88 bits per heavy atom. The molecule has 4 aromatic rings. The molecule has 0 atom stereocenters. The van der Waals surface area contributed by atoms with Crippen LogP contribution in [-0.4, -0.2) is 15.7 Å². The smallest absolute Gasteiger partial charge is 0.265 e. The van der Waals surface area contributed by atoms with Crippen molar-refractivity contribution in [2.75, 3.05) is 5.32 Å². The number of carbonyl (C=O) groups excluding carboxylic acids is 1. The van der Waals surface area contributed by atoms with Crippen molar-refractivity contribution in [2.24, 2.45) is 0 Å². The van der Waals surface area contributed by atoms with E-state index in [1.807, 2.05) is 73.1 Å². The average Bonchev–Trinajstić information content (AvgIpc) is 3.20. The van der Waals surface area contributed by atoms with E-state index in [1.54, 1.807) is 0 Å². The molecule has 0 spiro atoms. The zero-order chi connectivity index (χ0) is 18.3. The second-order valence-corrected chi connectivity index (χ2v) is 7.97. The number of amides is 1. The molecule has 0 unspecified atom stereocenters. The Balaban J connectivity index is 1.69. The summed E-state index contributed by atoms with van der Waals surface area (Å²) in [6.45, 7) is 3.96. The molecule has 0 radical (unpaired) electrons. The number of thiophene rings is 1. The molecule has 1 N–H and O–H groups in total. The molecule has 2 aromatic heterocycles. The maximum atomic E-state index is 12.7. The van der Waals surface area contributed by atoms with Crippen LogP contribution < -0.4 is 5.32 Å². The normalized spacial score (nSPS) is 11.0. The fourth-order valence-corrected chi connectivity index (χ4v) is 4.14. The predicted molar refractivity (Wildman–Crippen MR) is 111 cm³/mol. The van der Waals surface area contributed by atoms with Crippen LogP contribution in [0.15, 0.2) is 59.1 Å². The van der Waals surface area contributed by atoms with Crippen molar-refractivity contribution in [1.29, 1.82) is 0 Å². The molecule has 0 saturated heterocycles. The molecule has 0 saturated carbocycles. The summed E-state index contributed by atoms with van der Waals surface area (Å²) < 4.78 is 2.92. The summed E-state index contributed by atoms with van der Waals surface area (Å²) in [4.78, 5) is 14.3. The van der Waals surface area contributed by atoms with Gasteiger partial charge in [0.15, 0.2) is 0 Å². The van der Waals surface area contributed by atoms with Gasteiger partial charge in [0.25, 0.3) is 5.91 Å². The number of nitrogens with one attached hydrogen (secondary N) is 1. The van der Waals surface area contributed by atoms with Gasteiger partial charge in [0.05, 0.1) is 16.3 Å². The number of hydrogen-bond acceptors (Lipinski definition) is 3. The highest BCUT2D eigenvalue weighted by Gasteiger charge is 2.17. The van der Waals surface area contributed by atoms with Gasteiger partial charge in [0.1, 0.15) is 4.83 Å². The molecule has 6 heteroatoms. The quantitative estimate of drug-likeness (QED) is 0.456. The van der Waals surface area contributed by atoms with Crippen LogP contribution in [0.4, 0.5) is 5.69 Å². The third kappa shape index (κ3) is 3.06. The minimum absolute atomic E-state index is 0.105. The summed E-state index contributed by atoms with van der Waals surface area (Å²) in [5, 5.41) is 8.60. The van der Waals surface area contributed by atoms with Gasteiger partial charge in [-0.05, 0) is 55.8 Å². The van der Waals surface area contributed by atoms with Crippen molar-refractivity contribution in [3.8, 4) is 5.69 Å². The van der Waals surface area contributed by atoms with Crippen molar-refractivity contribution < 1.29 is 4.79 Å². The molecule has 0 bridgehead atoms. The minimum atomic E-state index is -0.105. The van der Waals surface area contributed by atoms with Gasteiger partial charge >= 0.3 is 0 Å². The van der Waals surface area contributed by atoms with E-state index >= 15 is 0 Å². The number of aryl methyl sites for hydroxylation is 2. The summed E-state index contributed by atoms with van der Waals surface area (Å²) in [6, 6.07) is 17.7. The number of para-hydroxylation sites is 1. The maximum absolute atomic E-state index is 12.7. The number of nitrogens with zero attached hydrogens (tertiary/aromatic N) is 2. The van der Waals surface area contributed by atoms with Crippen molar-refractivity contribution >= 4 is 49.1 Å². The molecule has 0 aliphatic carbocycles. The van der Waals surface area contributed by atoms with Crippen LogP contribution in [0.3, 0.4) is 0 Å². The molecule has 1 amide bonds. The highest BCUT2D eigenvalue weighted by Crippen LogP contribution is 2.31. The van der Waals surface area contributed by atoms with Gasteiger partial charge < -0.3 is 5.32 Å². The van der Waals surface area contributed by atoms with E-state index in [9.17, 15) is 4.79 Å². The van der Waals surface area contributed by atoms with Crippen LogP contribution in [0.2, 0.25) is 0 Å². The van der Waals surface area contributed by atoms with Gasteiger partial charge in [-0.3, -0.25) is 4.79 Å². The molecular formula is C20H16BrN3OS. The van der Waals surface area contributed by atoms with Gasteiger partial charge in [-0.15, -0.1) is 11.3 Å². The van der Waals surface area contributed by atoms with Crippen LogP contribution in [0.1, 0.15) is 20.9 Å². The van der Waals surface area contributed by atoms with Crippen LogP contribution in [0.25, 0.3) is 15.9 Å². The third-order valence-corrected chi connectivity index (χ3v) is 6.18. The first-order valence-electron chi connectivity index (χ1n) is 8.15. The van der Waals surface area contributed by atoms with E-state index in [-0.39, 0.29) is 5.91 Å². The third-order valence-electron chi connectivity index (χ3n) is 4.18. The number of hydrogen-bond donors (Lipinski definition) is 1. The molecule has 0 fully saturated rings. The molecule has 2 heterocycles. The lowest BCUT2D eigenvalue weighted by atomic mass is 10.2. The monoisotopic (exact) mass is 425 g/mol. The lowest BCUT2D eigenvalue weighted by Gasteiger charge is -2.06. The maximum Gasteiger partial charge on any atom is 0.265 e. The number of benzene rings is 2. The Bertz CT molecular complexity index is 1120. The highest BCUT2D eigenvalue weighted by molar-refractivity contribution is 9.10. The second-order valence-electron chi connectivity index (χ2n) is 6.08. The van der Waals surface area contributed by atoms with Gasteiger partial charge in [0, 0.05) is 15.5 Å². The van der Waals surface area contributed by atoms with Crippen LogP contribution in [0.5, 0.6) is 0 Å². The summed E-state index contributed by atoms with van der Waals surface area (Å²) in [5.74, 6) is -0.105. The Morgan fingerprint density at radius 3 is 2.62 bits per heavy atom. The number of fused-ring (bicyclic) bond motifs is 1. The minimum Gasteiger partial charge on any atom is -0.321 e. The van der Waals surface area contributed by atoms with E-state index < -0.39 is 0 Å². The second kappa shape index (κ2) is 6.70. The SMILES string of the molecule is Cc1cc(NC(=O)c2cc3c(C)nn(-c4ccccc4)c3s2)ccc1Br. The zero-order valence-corrected chi connectivity index (χ0v) is 16.7. The standard InChI is InChI=1S/C20H16BrN3OS/c1-12-10-14(8-9-17(12)21)22-19(25)18-11-16-13(2)23-24(20(16)26-18)15-6-4-3-5-7-15/h3-11H,1-2H3,(H,22,25). The number of rotatable bonds is 3. The number of aromatic nitrogens is 2. The Labute approximate surface area is 163 Å². The zero-order valence-electron chi connectivity index (χ0n) is 14.3. The lowest BCUT2D eigenvalue weighted by molar-refractivity contribution is 0.103. The molecule has 26 heavy (non-hydrogen) atoms. The molecule has 2 aromatic carbocycles. The summed E-state index contributed by atoms with van der Waals surface area (Å²) in [6.07, 6.45) is 0. The van der Waals surface area contributed by atoms with Gasteiger partial charge in [-0.1, -0.05) is 34.1 Å². The van der Waals surface area contributed by atoms with Crippen molar-refractivity contribution in [3.63, 3.8) is 0 Å². The van der Waals surface area contributed by atoms with Gasteiger partial charge in [0.2, 0.25) is 0 Å². The van der Waals surface area contributed by atoms with E-state index in [4.69, 9.17) is 0 Å². The van der Waals surface area contributed by atoms with Crippen molar-refractivity contribution in [1.82, 2.24) is 9.78 Å². The molecular weight excluding hydrogens is 410 g/mol. The van der Waals surface area contributed by atoms with Crippen LogP contribution in [0, 0.1) is 13.8 Å². The molecule has 4 rings (SSSR count). The number of carbonyl (C=O) groups is 1. The first kappa shape index (κ1) is 17.0. The summed E-state index contributed by atoms with van der Waals surface area (Å²) in [7, 11) is 0. The Hall–Kier alpha value is -2.44. The molecule has 0 aliphatic heterocycles. The molecule has 0 aliphatic rings. The highest BCUT2D eigenvalue weighted by atomic mass is 79.9. The largest absolute Gasteiger partial charge is 0.321 e. The number of anilines is 1. The lowest BCUT2D eigenvalue weighted by Crippen LogP contribution is -2.10. The van der Waals surface area contributed by atoms with Crippen molar-refractivity contribution in [3.05, 3.63) is 75.2 Å². The van der Waals surface area contributed by atoms with E-state index in [0.717, 1.165) is 37.3 Å². The van der Waals surface area contributed by atoms with Crippen LogP contribution >= 0.6 is 27.3 Å². The Morgan fingerprint density at radius 1 is 1.12 bits per heavy atom. The predicted octanol–water partition coefficient (Wildman–Crippen LogP) is 5.72. The summed E-state index contributed by atoms with van der Waals surface area (Å²) >= 11 is 4.93. The van der Waals surface area contributed by atoms with E-state index in [1.165, 1.54) is 11.3 Å². The molecule has 4 nitrogen and oxygen atoms in total. The number of halogens is 1. The van der Waals surface area contributed by atoms with Gasteiger partial charge in [-0.25, -0.2) is 4.68 Å². The topological polar surface area (TPSA) is 46.9 Å².